The Labute approximate surface area is 107 Å². The maximum absolute atomic E-state index is 9.02. The number of anilines is 1. The topological polar surface area (TPSA) is 70.0 Å². The van der Waals surface area contributed by atoms with Crippen molar-refractivity contribution in [3.63, 3.8) is 0 Å². The Morgan fingerprint density at radius 3 is 3.00 bits per heavy atom. The molecule has 0 amide bonds. The van der Waals surface area contributed by atoms with Crippen molar-refractivity contribution in [3.05, 3.63) is 17.8 Å². The summed E-state index contributed by atoms with van der Waals surface area (Å²) in [5, 5.41) is 15.8. The highest BCUT2D eigenvalue weighted by atomic mass is 16.5. The second kappa shape index (κ2) is 5.69. The molecule has 18 heavy (non-hydrogen) atoms. The highest BCUT2D eigenvalue weighted by Gasteiger charge is 2.19. The maximum atomic E-state index is 9.02. The summed E-state index contributed by atoms with van der Waals surface area (Å²) in [6.07, 6.45) is 3.86. The van der Waals surface area contributed by atoms with E-state index < -0.39 is 0 Å². The second-order valence-corrected chi connectivity index (χ2v) is 4.58. The number of nitrogens with one attached hydrogen (secondary N) is 2. The van der Waals surface area contributed by atoms with Crippen LogP contribution in [0, 0.1) is 11.3 Å². The van der Waals surface area contributed by atoms with Crippen LogP contribution in [-0.2, 0) is 0 Å². The van der Waals surface area contributed by atoms with Crippen LogP contribution < -0.4 is 15.4 Å². The number of piperidine rings is 1. The van der Waals surface area contributed by atoms with E-state index in [1.165, 1.54) is 0 Å². The SMILES string of the molecule is COc1c(C#N)ccnc1NC1CCC(C)NC1. The minimum Gasteiger partial charge on any atom is -0.492 e. The lowest BCUT2D eigenvalue weighted by molar-refractivity contribution is 0.392. The Morgan fingerprint density at radius 1 is 1.56 bits per heavy atom. The molecule has 5 heteroatoms. The van der Waals surface area contributed by atoms with E-state index in [2.05, 4.69) is 28.6 Å². The number of ether oxygens (including phenoxy) is 1. The van der Waals surface area contributed by atoms with E-state index in [9.17, 15) is 0 Å². The molecule has 1 fully saturated rings. The van der Waals surface area contributed by atoms with Gasteiger partial charge in [-0.15, -0.1) is 0 Å². The first-order chi connectivity index (χ1) is 8.74. The van der Waals surface area contributed by atoms with E-state index >= 15 is 0 Å². The van der Waals surface area contributed by atoms with Gasteiger partial charge >= 0.3 is 0 Å². The first-order valence-corrected chi connectivity index (χ1v) is 6.17. The molecule has 0 radical (unpaired) electrons. The summed E-state index contributed by atoms with van der Waals surface area (Å²) in [5.74, 6) is 1.18. The van der Waals surface area contributed by atoms with Crippen molar-refractivity contribution in [2.45, 2.75) is 31.8 Å². The summed E-state index contributed by atoms with van der Waals surface area (Å²) in [4.78, 5) is 4.26. The van der Waals surface area contributed by atoms with Gasteiger partial charge in [0.1, 0.15) is 6.07 Å². The van der Waals surface area contributed by atoms with Crippen LogP contribution in [0.15, 0.2) is 12.3 Å². The number of hydrogen-bond donors (Lipinski definition) is 2. The van der Waals surface area contributed by atoms with Gasteiger partial charge in [0, 0.05) is 24.8 Å². The lowest BCUT2D eigenvalue weighted by atomic mass is 10.0. The largest absolute Gasteiger partial charge is 0.492 e. The van der Waals surface area contributed by atoms with Crippen LogP contribution in [0.4, 0.5) is 5.82 Å². The van der Waals surface area contributed by atoms with Crippen molar-refractivity contribution in [1.82, 2.24) is 10.3 Å². The van der Waals surface area contributed by atoms with Gasteiger partial charge in [0.2, 0.25) is 0 Å². The fourth-order valence-electron chi connectivity index (χ4n) is 2.16. The molecule has 2 N–H and O–H groups in total. The zero-order valence-corrected chi connectivity index (χ0v) is 10.7. The van der Waals surface area contributed by atoms with Crippen molar-refractivity contribution in [2.24, 2.45) is 0 Å². The lowest BCUT2D eigenvalue weighted by Gasteiger charge is -2.29. The maximum Gasteiger partial charge on any atom is 0.178 e. The fourth-order valence-corrected chi connectivity index (χ4v) is 2.16. The molecule has 2 rings (SSSR count). The van der Waals surface area contributed by atoms with Crippen molar-refractivity contribution < 1.29 is 4.74 Å². The molecule has 0 spiro atoms. The van der Waals surface area contributed by atoms with Crippen LogP contribution in [0.2, 0.25) is 0 Å². The monoisotopic (exact) mass is 246 g/mol. The molecule has 2 heterocycles. The normalized spacial score (nSPS) is 23.2. The molecule has 0 saturated carbocycles. The molecule has 2 unspecified atom stereocenters. The first-order valence-electron chi connectivity index (χ1n) is 6.17. The highest BCUT2D eigenvalue weighted by molar-refractivity contribution is 5.59. The summed E-state index contributed by atoms with van der Waals surface area (Å²) >= 11 is 0. The van der Waals surface area contributed by atoms with E-state index in [1.54, 1.807) is 19.4 Å². The van der Waals surface area contributed by atoms with E-state index in [0.717, 1.165) is 19.4 Å². The van der Waals surface area contributed by atoms with Gasteiger partial charge in [-0.3, -0.25) is 0 Å². The molecule has 1 aliphatic heterocycles. The summed E-state index contributed by atoms with van der Waals surface area (Å²) in [6.45, 7) is 3.09. The Morgan fingerprint density at radius 2 is 2.39 bits per heavy atom. The van der Waals surface area contributed by atoms with Crippen LogP contribution >= 0.6 is 0 Å². The van der Waals surface area contributed by atoms with Gasteiger partial charge in [0.15, 0.2) is 11.6 Å². The zero-order valence-electron chi connectivity index (χ0n) is 10.7. The van der Waals surface area contributed by atoms with E-state index in [-0.39, 0.29) is 0 Å². The Bertz CT molecular complexity index is 447. The fraction of sp³-hybridized carbons (Fsp3) is 0.538. The number of nitriles is 1. The number of pyridine rings is 1. The molecule has 0 aliphatic carbocycles. The highest BCUT2D eigenvalue weighted by Crippen LogP contribution is 2.27. The minimum atomic E-state index is 0.330. The van der Waals surface area contributed by atoms with Crippen molar-refractivity contribution in [3.8, 4) is 11.8 Å². The number of hydrogen-bond acceptors (Lipinski definition) is 5. The summed E-state index contributed by atoms with van der Waals surface area (Å²) in [6, 6.07) is 4.67. The van der Waals surface area contributed by atoms with Crippen LogP contribution in [0.5, 0.6) is 5.75 Å². The predicted molar refractivity (Wildman–Crippen MR) is 69.6 cm³/mol. The van der Waals surface area contributed by atoms with Gasteiger partial charge in [-0.05, 0) is 25.8 Å². The zero-order chi connectivity index (χ0) is 13.0. The Kier molecular flexibility index (Phi) is 4.00. The average molecular weight is 246 g/mol. The van der Waals surface area contributed by atoms with Gasteiger partial charge in [-0.2, -0.15) is 5.26 Å². The van der Waals surface area contributed by atoms with Crippen molar-refractivity contribution in [1.29, 1.82) is 5.26 Å². The molecule has 1 aromatic rings. The molecule has 1 aliphatic rings. The van der Waals surface area contributed by atoms with Gasteiger partial charge in [0.25, 0.3) is 0 Å². The van der Waals surface area contributed by atoms with Gasteiger partial charge in [0.05, 0.1) is 12.7 Å². The molecule has 0 bridgehead atoms. The third kappa shape index (κ3) is 2.71. The predicted octanol–water partition coefficient (Wildman–Crippen LogP) is 1.51. The Hall–Kier alpha value is -1.80. The van der Waals surface area contributed by atoms with Crippen molar-refractivity contribution >= 4 is 5.82 Å². The number of aromatic nitrogens is 1. The number of nitrogens with zero attached hydrogens (tertiary/aromatic N) is 2. The standard InChI is InChI=1S/C13H18N4O/c1-9-3-4-11(8-16-9)17-13-12(18-2)10(7-14)5-6-15-13/h5-6,9,11,16H,3-4,8H2,1-2H3,(H,15,17). The first kappa shape index (κ1) is 12.7. The Balaban J connectivity index is 2.12. The van der Waals surface area contributed by atoms with Gasteiger partial charge < -0.3 is 15.4 Å². The van der Waals surface area contributed by atoms with Gasteiger partial charge in [-0.1, -0.05) is 0 Å². The molecule has 5 nitrogen and oxygen atoms in total. The third-order valence-corrected chi connectivity index (χ3v) is 3.23. The minimum absolute atomic E-state index is 0.330. The number of methoxy groups -OCH3 is 1. The molecule has 1 aromatic heterocycles. The lowest BCUT2D eigenvalue weighted by Crippen LogP contribution is -2.43. The summed E-state index contributed by atoms with van der Waals surface area (Å²) in [7, 11) is 1.56. The van der Waals surface area contributed by atoms with Crippen LogP contribution in [0.25, 0.3) is 0 Å². The molecular weight excluding hydrogens is 228 g/mol. The van der Waals surface area contributed by atoms with E-state index in [0.29, 0.717) is 29.2 Å². The van der Waals surface area contributed by atoms with Crippen LogP contribution in [-0.4, -0.2) is 30.7 Å². The van der Waals surface area contributed by atoms with Crippen LogP contribution in [0.1, 0.15) is 25.3 Å². The quantitative estimate of drug-likeness (QED) is 0.846. The third-order valence-electron chi connectivity index (χ3n) is 3.23. The molecule has 0 aromatic carbocycles. The molecule has 2 atom stereocenters. The molecule has 1 saturated heterocycles. The number of rotatable bonds is 3. The molecule has 96 valence electrons. The summed E-state index contributed by atoms with van der Waals surface area (Å²) in [5.41, 5.74) is 0.507. The smallest absolute Gasteiger partial charge is 0.178 e. The van der Waals surface area contributed by atoms with E-state index in [4.69, 9.17) is 10.00 Å². The van der Waals surface area contributed by atoms with Crippen LogP contribution in [0.3, 0.4) is 0 Å². The molecular formula is C13H18N4O. The van der Waals surface area contributed by atoms with Gasteiger partial charge in [-0.25, -0.2) is 4.98 Å². The van der Waals surface area contributed by atoms with Crippen molar-refractivity contribution in [2.75, 3.05) is 19.0 Å². The second-order valence-electron chi connectivity index (χ2n) is 4.58. The van der Waals surface area contributed by atoms with E-state index in [1.807, 2.05) is 0 Å². The average Bonchev–Trinajstić information content (AvgIpc) is 2.41. The summed E-state index contributed by atoms with van der Waals surface area (Å²) < 4.78 is 5.26.